The van der Waals surface area contributed by atoms with E-state index in [1.165, 1.54) is 0 Å². The molecule has 18 heavy (non-hydrogen) atoms. The van der Waals surface area contributed by atoms with E-state index in [1.807, 2.05) is 0 Å². The van der Waals surface area contributed by atoms with Crippen LogP contribution >= 0.6 is 0 Å². The van der Waals surface area contributed by atoms with E-state index >= 15 is 0 Å². The molecule has 1 unspecified atom stereocenters. The maximum Gasteiger partial charge on any atom is 0.220 e. The van der Waals surface area contributed by atoms with Crippen molar-refractivity contribution in [3.8, 4) is 0 Å². The SMILES string of the molecule is CC(O)CCC(=O)NC1CC(C)(C)NC(C)(C)C1. The number of carbonyl (C=O) groups is 1. The van der Waals surface area contributed by atoms with E-state index in [4.69, 9.17) is 0 Å². The Morgan fingerprint density at radius 2 is 1.83 bits per heavy atom. The van der Waals surface area contributed by atoms with Crippen LogP contribution in [0.2, 0.25) is 0 Å². The van der Waals surface area contributed by atoms with Gasteiger partial charge < -0.3 is 15.7 Å². The molecule has 1 saturated heterocycles. The van der Waals surface area contributed by atoms with E-state index in [0.717, 1.165) is 12.8 Å². The average molecular weight is 256 g/mol. The molecule has 106 valence electrons. The second-order valence-electron chi connectivity index (χ2n) is 6.95. The highest BCUT2D eigenvalue weighted by molar-refractivity contribution is 5.76. The fourth-order valence-corrected chi connectivity index (χ4v) is 3.06. The highest BCUT2D eigenvalue weighted by Gasteiger charge is 2.37. The van der Waals surface area contributed by atoms with Crippen molar-refractivity contribution in [3.05, 3.63) is 0 Å². The Balaban J connectivity index is 2.49. The van der Waals surface area contributed by atoms with E-state index < -0.39 is 6.10 Å². The molecule has 0 aliphatic carbocycles. The van der Waals surface area contributed by atoms with Crippen LogP contribution in [0.15, 0.2) is 0 Å². The van der Waals surface area contributed by atoms with Crippen molar-refractivity contribution in [2.24, 2.45) is 0 Å². The van der Waals surface area contributed by atoms with Crippen molar-refractivity contribution in [2.45, 2.75) is 83.5 Å². The van der Waals surface area contributed by atoms with Crippen molar-refractivity contribution >= 4 is 5.91 Å². The molecule has 1 rings (SSSR count). The fraction of sp³-hybridized carbons (Fsp3) is 0.929. The molecular formula is C14H28N2O2. The summed E-state index contributed by atoms with van der Waals surface area (Å²) >= 11 is 0. The molecule has 0 bridgehead atoms. The fourth-order valence-electron chi connectivity index (χ4n) is 3.06. The number of aliphatic hydroxyl groups is 1. The van der Waals surface area contributed by atoms with Crippen molar-refractivity contribution in [2.75, 3.05) is 0 Å². The molecule has 1 fully saturated rings. The molecule has 1 amide bonds. The zero-order chi connectivity index (χ0) is 14.0. The van der Waals surface area contributed by atoms with Crippen molar-refractivity contribution < 1.29 is 9.90 Å². The molecule has 1 heterocycles. The maximum absolute atomic E-state index is 11.8. The van der Waals surface area contributed by atoms with Gasteiger partial charge in [0.25, 0.3) is 0 Å². The lowest BCUT2D eigenvalue weighted by molar-refractivity contribution is -0.122. The van der Waals surface area contributed by atoms with Crippen LogP contribution in [-0.2, 0) is 4.79 Å². The average Bonchev–Trinajstić information content (AvgIpc) is 2.09. The number of hydrogen-bond donors (Lipinski definition) is 3. The van der Waals surface area contributed by atoms with Gasteiger partial charge in [0.1, 0.15) is 0 Å². The standard InChI is InChI=1S/C14H28N2O2/c1-10(17)6-7-12(18)15-11-8-13(2,3)16-14(4,5)9-11/h10-11,16-17H,6-9H2,1-5H3,(H,15,18). The third-order valence-electron chi connectivity index (χ3n) is 3.34. The van der Waals surface area contributed by atoms with Gasteiger partial charge in [-0.2, -0.15) is 0 Å². The van der Waals surface area contributed by atoms with Crippen LogP contribution in [0.25, 0.3) is 0 Å². The van der Waals surface area contributed by atoms with Crippen LogP contribution < -0.4 is 10.6 Å². The van der Waals surface area contributed by atoms with Crippen LogP contribution in [-0.4, -0.2) is 34.2 Å². The summed E-state index contributed by atoms with van der Waals surface area (Å²) in [4.78, 5) is 11.8. The number of aliphatic hydroxyl groups excluding tert-OH is 1. The molecule has 3 N–H and O–H groups in total. The molecule has 0 aromatic carbocycles. The predicted octanol–water partition coefficient (Wildman–Crippen LogP) is 1.57. The Bertz CT molecular complexity index is 282. The zero-order valence-electron chi connectivity index (χ0n) is 12.3. The Morgan fingerprint density at radius 3 is 2.28 bits per heavy atom. The lowest BCUT2D eigenvalue weighted by Crippen LogP contribution is -2.62. The predicted molar refractivity (Wildman–Crippen MR) is 73.4 cm³/mol. The second-order valence-corrected chi connectivity index (χ2v) is 6.95. The molecule has 0 aromatic rings. The van der Waals surface area contributed by atoms with Crippen LogP contribution in [0.3, 0.4) is 0 Å². The summed E-state index contributed by atoms with van der Waals surface area (Å²) in [7, 11) is 0. The van der Waals surface area contributed by atoms with E-state index in [0.29, 0.717) is 12.8 Å². The van der Waals surface area contributed by atoms with Crippen LogP contribution in [0.1, 0.15) is 60.3 Å². The first-order valence-corrected chi connectivity index (χ1v) is 6.86. The van der Waals surface area contributed by atoms with Crippen molar-refractivity contribution in [3.63, 3.8) is 0 Å². The zero-order valence-corrected chi connectivity index (χ0v) is 12.3. The Morgan fingerprint density at radius 1 is 1.33 bits per heavy atom. The first kappa shape index (κ1) is 15.4. The summed E-state index contributed by atoms with van der Waals surface area (Å²) in [5.74, 6) is 0.0504. The first-order chi connectivity index (χ1) is 8.10. The Labute approximate surface area is 111 Å². The van der Waals surface area contributed by atoms with E-state index in [9.17, 15) is 9.90 Å². The summed E-state index contributed by atoms with van der Waals surface area (Å²) in [6.07, 6.45) is 2.41. The number of nitrogens with one attached hydrogen (secondary N) is 2. The van der Waals surface area contributed by atoms with Crippen molar-refractivity contribution in [1.29, 1.82) is 0 Å². The molecule has 1 aliphatic rings. The van der Waals surface area contributed by atoms with Gasteiger partial charge in [-0.25, -0.2) is 0 Å². The number of amides is 1. The normalized spacial score (nSPS) is 24.6. The molecule has 1 aliphatic heterocycles. The van der Waals surface area contributed by atoms with E-state index in [1.54, 1.807) is 6.92 Å². The minimum absolute atomic E-state index is 0.0456. The third kappa shape index (κ3) is 5.36. The molecule has 4 heteroatoms. The number of piperidine rings is 1. The van der Waals surface area contributed by atoms with Crippen molar-refractivity contribution in [1.82, 2.24) is 10.6 Å². The summed E-state index contributed by atoms with van der Waals surface area (Å²) in [5.41, 5.74) is 0.0912. The highest BCUT2D eigenvalue weighted by Crippen LogP contribution is 2.28. The smallest absolute Gasteiger partial charge is 0.220 e. The second kappa shape index (κ2) is 5.57. The van der Waals surface area contributed by atoms with Gasteiger partial charge in [0.05, 0.1) is 6.10 Å². The third-order valence-corrected chi connectivity index (χ3v) is 3.34. The van der Waals surface area contributed by atoms with Gasteiger partial charge in [0.2, 0.25) is 5.91 Å². The number of carbonyl (C=O) groups excluding carboxylic acids is 1. The maximum atomic E-state index is 11.8. The van der Waals surface area contributed by atoms with Gasteiger partial charge in [-0.05, 0) is 53.9 Å². The molecule has 0 spiro atoms. The van der Waals surface area contributed by atoms with Gasteiger partial charge >= 0.3 is 0 Å². The van der Waals surface area contributed by atoms with Gasteiger partial charge in [-0.15, -0.1) is 0 Å². The largest absolute Gasteiger partial charge is 0.393 e. The summed E-state index contributed by atoms with van der Waals surface area (Å²) in [6.45, 7) is 10.4. The Hall–Kier alpha value is -0.610. The van der Waals surface area contributed by atoms with Gasteiger partial charge in [0.15, 0.2) is 0 Å². The number of rotatable bonds is 4. The topological polar surface area (TPSA) is 61.4 Å². The monoisotopic (exact) mass is 256 g/mol. The lowest BCUT2D eigenvalue weighted by Gasteiger charge is -2.46. The van der Waals surface area contributed by atoms with E-state index in [2.05, 4.69) is 38.3 Å². The molecule has 4 nitrogen and oxygen atoms in total. The van der Waals surface area contributed by atoms with Gasteiger partial charge in [-0.1, -0.05) is 0 Å². The highest BCUT2D eigenvalue weighted by atomic mass is 16.3. The van der Waals surface area contributed by atoms with Crippen LogP contribution in [0, 0.1) is 0 Å². The quantitative estimate of drug-likeness (QED) is 0.715. The van der Waals surface area contributed by atoms with E-state index in [-0.39, 0.29) is 23.0 Å². The van der Waals surface area contributed by atoms with Gasteiger partial charge in [0, 0.05) is 23.5 Å². The van der Waals surface area contributed by atoms with Crippen LogP contribution in [0.5, 0.6) is 0 Å². The number of hydrogen-bond acceptors (Lipinski definition) is 3. The minimum atomic E-state index is -0.406. The molecular weight excluding hydrogens is 228 g/mol. The van der Waals surface area contributed by atoms with Gasteiger partial charge in [-0.3, -0.25) is 4.79 Å². The molecule has 1 atom stereocenters. The first-order valence-electron chi connectivity index (χ1n) is 6.86. The summed E-state index contributed by atoms with van der Waals surface area (Å²) in [5, 5.41) is 15.9. The Kier molecular flexibility index (Phi) is 4.78. The lowest BCUT2D eigenvalue weighted by atomic mass is 9.79. The summed E-state index contributed by atoms with van der Waals surface area (Å²) < 4.78 is 0. The minimum Gasteiger partial charge on any atom is -0.393 e. The van der Waals surface area contributed by atoms with Crippen LogP contribution in [0.4, 0.5) is 0 Å². The molecule has 0 radical (unpaired) electrons. The summed E-state index contributed by atoms with van der Waals surface area (Å²) in [6, 6.07) is 0.220. The molecule has 0 aromatic heterocycles. The molecule has 0 saturated carbocycles.